The van der Waals surface area contributed by atoms with E-state index in [1.54, 1.807) is 6.20 Å². The van der Waals surface area contributed by atoms with E-state index in [1.807, 2.05) is 17.7 Å². The van der Waals surface area contributed by atoms with Gasteiger partial charge in [0.1, 0.15) is 5.82 Å². The first-order valence-corrected chi connectivity index (χ1v) is 12.0. The number of hydrogen-bond donors (Lipinski definition) is 1. The van der Waals surface area contributed by atoms with Crippen LogP contribution in [-0.4, -0.2) is 26.5 Å². The number of ketones is 1. The van der Waals surface area contributed by atoms with Gasteiger partial charge in [0, 0.05) is 18.3 Å². The van der Waals surface area contributed by atoms with Crippen LogP contribution in [0.25, 0.3) is 0 Å². The molecule has 0 spiro atoms. The summed E-state index contributed by atoms with van der Waals surface area (Å²) in [7, 11) is 0. The van der Waals surface area contributed by atoms with Gasteiger partial charge in [-0.3, -0.25) is 4.79 Å². The maximum atomic E-state index is 13.3. The number of aromatic nitrogens is 2. The molecular formula is C25H38N2O2. The maximum absolute atomic E-state index is 13.3. The number of hydrogen-bond acceptors (Lipinski definition) is 3. The van der Waals surface area contributed by atoms with Crippen molar-refractivity contribution in [1.29, 1.82) is 0 Å². The van der Waals surface area contributed by atoms with E-state index >= 15 is 0 Å². The summed E-state index contributed by atoms with van der Waals surface area (Å²) >= 11 is 0. The molecule has 4 heteroatoms. The summed E-state index contributed by atoms with van der Waals surface area (Å²) in [4.78, 5) is 17.6. The van der Waals surface area contributed by atoms with Crippen molar-refractivity contribution in [2.75, 3.05) is 0 Å². The van der Waals surface area contributed by atoms with E-state index in [-0.39, 0.29) is 17.4 Å². The van der Waals surface area contributed by atoms with E-state index in [0.29, 0.717) is 29.6 Å². The Labute approximate surface area is 175 Å². The van der Waals surface area contributed by atoms with E-state index in [2.05, 4.69) is 18.8 Å². The normalized spacial score (nSPS) is 46.6. The number of nitrogens with zero attached hydrogens (tertiary/aromatic N) is 2. The first kappa shape index (κ1) is 19.8. The van der Waals surface area contributed by atoms with Gasteiger partial charge in [0.15, 0.2) is 5.78 Å². The minimum atomic E-state index is -0.0707. The lowest BCUT2D eigenvalue weighted by atomic mass is 9.44. The number of carbonyl (C=O) groups excluding carboxylic acids is 1. The molecule has 1 aromatic heterocycles. The molecule has 0 bridgehead atoms. The molecule has 4 nitrogen and oxygen atoms in total. The van der Waals surface area contributed by atoms with Gasteiger partial charge in [-0.2, -0.15) is 0 Å². The number of aliphatic hydroxyl groups excluding tert-OH is 1. The van der Waals surface area contributed by atoms with E-state index in [1.165, 1.54) is 38.5 Å². The summed E-state index contributed by atoms with van der Waals surface area (Å²) in [6, 6.07) is 0. The number of Topliss-reactive ketones (excluding diaryl/α,β-unsaturated/α-hetero) is 1. The van der Waals surface area contributed by atoms with Crippen molar-refractivity contribution in [3.05, 3.63) is 18.2 Å². The summed E-state index contributed by atoms with van der Waals surface area (Å²) < 4.78 is 2.02. The number of aryl methyl sites for hydroxylation is 1. The molecule has 1 heterocycles. The van der Waals surface area contributed by atoms with Gasteiger partial charge in [-0.05, 0) is 99.2 Å². The lowest BCUT2D eigenvalue weighted by Crippen LogP contribution is -2.54. The van der Waals surface area contributed by atoms with Crippen molar-refractivity contribution >= 4 is 5.78 Å². The Morgan fingerprint density at radius 2 is 1.86 bits per heavy atom. The first-order valence-electron chi connectivity index (χ1n) is 12.0. The SMILES string of the molecule is Cc1nccn1CC(=O)[C@H]1CC[C@H]2[C@@H]3CC[C@@H]4C[C@H](O)CC[C@]4(C)[C@H]3CC[C@]12C. The van der Waals surface area contributed by atoms with Crippen LogP contribution in [0.4, 0.5) is 0 Å². The van der Waals surface area contributed by atoms with E-state index in [9.17, 15) is 9.90 Å². The molecule has 4 aliphatic rings. The molecule has 0 unspecified atom stereocenters. The standard InChI is InChI=1S/C25H38N2O2/c1-16-26-12-13-27(16)15-23(29)22-7-6-20-19-5-4-17-14-18(28)8-10-24(17,2)21(19)9-11-25(20,22)3/h12-13,17-22,28H,4-11,14-15H2,1-3H3/t17-,18-,19+,20+,21+,22-,24+,25+/m1/s1. The minimum Gasteiger partial charge on any atom is -0.393 e. The molecule has 4 saturated carbocycles. The molecule has 0 aliphatic heterocycles. The zero-order valence-corrected chi connectivity index (χ0v) is 18.4. The van der Waals surface area contributed by atoms with Crippen molar-refractivity contribution in [3.63, 3.8) is 0 Å². The molecule has 1 aromatic rings. The molecule has 8 atom stereocenters. The third-order valence-electron chi connectivity index (χ3n) is 10.3. The highest BCUT2D eigenvalue weighted by molar-refractivity contribution is 5.82. The summed E-state index contributed by atoms with van der Waals surface area (Å²) in [5.41, 5.74) is 0.601. The predicted octanol–water partition coefficient (Wildman–Crippen LogP) is 4.78. The average Bonchev–Trinajstić information content (AvgIpc) is 3.25. The first-order chi connectivity index (χ1) is 13.8. The number of fused-ring (bicyclic) bond motifs is 5. The van der Waals surface area contributed by atoms with Crippen molar-refractivity contribution < 1.29 is 9.90 Å². The Bertz CT molecular complexity index is 788. The summed E-state index contributed by atoms with van der Waals surface area (Å²) in [6.07, 6.45) is 14.3. The Kier molecular flexibility index (Phi) is 4.73. The highest BCUT2D eigenvalue weighted by Gasteiger charge is 2.61. The molecule has 0 amide bonds. The molecule has 0 saturated heterocycles. The van der Waals surface area contributed by atoms with Crippen LogP contribution in [-0.2, 0) is 11.3 Å². The largest absolute Gasteiger partial charge is 0.393 e. The molecule has 5 rings (SSSR count). The Hall–Kier alpha value is -1.16. The van der Waals surface area contributed by atoms with E-state index in [0.717, 1.165) is 36.9 Å². The number of aliphatic hydroxyl groups is 1. The van der Waals surface area contributed by atoms with Gasteiger partial charge >= 0.3 is 0 Å². The minimum absolute atomic E-state index is 0.0707. The Balaban J connectivity index is 1.36. The van der Waals surface area contributed by atoms with Crippen LogP contribution >= 0.6 is 0 Å². The Morgan fingerprint density at radius 1 is 1.10 bits per heavy atom. The third kappa shape index (κ3) is 2.96. The fourth-order valence-electron chi connectivity index (χ4n) is 8.61. The van der Waals surface area contributed by atoms with Gasteiger partial charge in [-0.1, -0.05) is 13.8 Å². The molecular weight excluding hydrogens is 360 g/mol. The van der Waals surface area contributed by atoms with Crippen molar-refractivity contribution in [3.8, 4) is 0 Å². The summed E-state index contributed by atoms with van der Waals surface area (Å²) in [5, 5.41) is 10.2. The lowest BCUT2D eigenvalue weighted by Gasteiger charge is -2.60. The fraction of sp³-hybridized carbons (Fsp3) is 0.840. The molecule has 4 aliphatic carbocycles. The van der Waals surface area contributed by atoms with Crippen LogP contribution in [0.1, 0.15) is 77.5 Å². The van der Waals surface area contributed by atoms with Crippen LogP contribution in [0.15, 0.2) is 12.4 Å². The second-order valence-corrected chi connectivity index (χ2v) is 11.3. The zero-order valence-electron chi connectivity index (χ0n) is 18.4. The fourth-order valence-corrected chi connectivity index (χ4v) is 8.61. The number of imidazole rings is 1. The molecule has 0 radical (unpaired) electrons. The predicted molar refractivity (Wildman–Crippen MR) is 113 cm³/mol. The van der Waals surface area contributed by atoms with Crippen LogP contribution in [0, 0.1) is 47.3 Å². The van der Waals surface area contributed by atoms with Crippen LogP contribution in [0.2, 0.25) is 0 Å². The quantitative estimate of drug-likeness (QED) is 0.797. The highest BCUT2D eigenvalue weighted by Crippen LogP contribution is 2.67. The highest BCUT2D eigenvalue weighted by atomic mass is 16.3. The molecule has 29 heavy (non-hydrogen) atoms. The van der Waals surface area contributed by atoms with Crippen molar-refractivity contribution in [2.24, 2.45) is 40.4 Å². The van der Waals surface area contributed by atoms with Gasteiger partial charge in [0.25, 0.3) is 0 Å². The molecule has 0 aromatic carbocycles. The van der Waals surface area contributed by atoms with Gasteiger partial charge in [0.2, 0.25) is 0 Å². The van der Waals surface area contributed by atoms with Gasteiger partial charge in [-0.25, -0.2) is 4.98 Å². The third-order valence-corrected chi connectivity index (χ3v) is 10.3. The van der Waals surface area contributed by atoms with E-state index in [4.69, 9.17) is 0 Å². The molecule has 4 fully saturated rings. The van der Waals surface area contributed by atoms with Gasteiger partial charge in [0.05, 0.1) is 12.6 Å². The molecule has 160 valence electrons. The van der Waals surface area contributed by atoms with Gasteiger partial charge in [-0.15, -0.1) is 0 Å². The topological polar surface area (TPSA) is 55.1 Å². The number of carbonyl (C=O) groups is 1. The van der Waals surface area contributed by atoms with Crippen molar-refractivity contribution in [1.82, 2.24) is 9.55 Å². The average molecular weight is 399 g/mol. The van der Waals surface area contributed by atoms with Crippen molar-refractivity contribution in [2.45, 2.75) is 91.2 Å². The number of rotatable bonds is 3. The van der Waals surface area contributed by atoms with Crippen LogP contribution in [0.5, 0.6) is 0 Å². The lowest BCUT2D eigenvalue weighted by molar-refractivity contribution is -0.140. The second kappa shape index (κ2) is 6.93. The van der Waals surface area contributed by atoms with Gasteiger partial charge < -0.3 is 9.67 Å². The Morgan fingerprint density at radius 3 is 2.62 bits per heavy atom. The summed E-state index contributed by atoms with van der Waals surface area (Å²) in [6.45, 7) is 7.47. The molecule has 1 N–H and O–H groups in total. The van der Waals surface area contributed by atoms with Crippen LogP contribution < -0.4 is 0 Å². The van der Waals surface area contributed by atoms with Crippen LogP contribution in [0.3, 0.4) is 0 Å². The second-order valence-electron chi connectivity index (χ2n) is 11.3. The zero-order chi connectivity index (χ0) is 20.4. The smallest absolute Gasteiger partial charge is 0.156 e. The summed E-state index contributed by atoms with van der Waals surface area (Å²) in [5.74, 6) is 4.59. The maximum Gasteiger partial charge on any atom is 0.156 e. The van der Waals surface area contributed by atoms with E-state index < -0.39 is 0 Å². The monoisotopic (exact) mass is 398 g/mol.